The third-order valence-corrected chi connectivity index (χ3v) is 5.49. The second-order valence-corrected chi connectivity index (χ2v) is 9.27. The minimum Gasteiger partial charge on any atom is -0.491 e. The predicted octanol–water partition coefficient (Wildman–Crippen LogP) is 5.03. The summed E-state index contributed by atoms with van der Waals surface area (Å²) < 4.78 is 11.6. The van der Waals surface area contributed by atoms with Gasteiger partial charge in [-0.1, -0.05) is 39.0 Å². The second kappa shape index (κ2) is 8.66. The van der Waals surface area contributed by atoms with E-state index in [0.717, 1.165) is 29.8 Å². The molecule has 0 unspecified atom stereocenters. The number of allylic oxidation sites excluding steroid dienone is 3. The van der Waals surface area contributed by atoms with Crippen LogP contribution in [0.1, 0.15) is 72.3 Å². The molecule has 3 rings (SSSR count). The SMILES string of the molecule is CCCOC(=O)C1=C(C)NC2=C(C(=O)CC(C)(C)C2)[C@H]1c1ccccc1OC(C)C. The number of carbonyl (C=O) groups excluding carboxylic acids is 2. The molecule has 0 fully saturated rings. The van der Waals surface area contributed by atoms with E-state index in [9.17, 15) is 9.59 Å². The van der Waals surface area contributed by atoms with Crippen molar-refractivity contribution in [3.8, 4) is 5.75 Å². The summed E-state index contributed by atoms with van der Waals surface area (Å²) in [6.07, 6.45) is 1.92. The maximum Gasteiger partial charge on any atom is 0.336 e. The third kappa shape index (κ3) is 4.45. The normalized spacial score (nSPS) is 20.8. The molecule has 0 amide bonds. The van der Waals surface area contributed by atoms with Crippen molar-refractivity contribution in [3.05, 3.63) is 52.4 Å². The van der Waals surface area contributed by atoms with E-state index in [1.807, 2.05) is 52.0 Å². The first-order valence-electron chi connectivity index (χ1n) is 10.8. The van der Waals surface area contributed by atoms with Gasteiger partial charge in [0.15, 0.2) is 5.78 Å². The Kier molecular flexibility index (Phi) is 6.39. The third-order valence-electron chi connectivity index (χ3n) is 5.49. The highest BCUT2D eigenvalue weighted by molar-refractivity contribution is 6.04. The molecule has 1 aromatic rings. The number of Topliss-reactive ketones (excluding diaryl/α,β-unsaturated/α-hetero) is 1. The molecular formula is C25H33NO4. The van der Waals surface area contributed by atoms with Crippen LogP contribution in [0.3, 0.4) is 0 Å². The number of ether oxygens (including phenoxy) is 2. The Bertz CT molecular complexity index is 907. The molecule has 1 aliphatic heterocycles. The molecule has 1 heterocycles. The van der Waals surface area contributed by atoms with E-state index in [-0.39, 0.29) is 23.3 Å². The molecule has 1 aliphatic carbocycles. The Morgan fingerprint density at radius 1 is 1.23 bits per heavy atom. The minimum absolute atomic E-state index is 0.0251. The zero-order valence-electron chi connectivity index (χ0n) is 18.9. The summed E-state index contributed by atoms with van der Waals surface area (Å²) in [7, 11) is 0. The first-order valence-corrected chi connectivity index (χ1v) is 10.8. The Balaban J connectivity index is 2.19. The van der Waals surface area contributed by atoms with Crippen molar-refractivity contribution in [2.24, 2.45) is 5.41 Å². The largest absolute Gasteiger partial charge is 0.491 e. The molecule has 0 radical (unpaired) electrons. The fraction of sp³-hybridized carbons (Fsp3) is 0.520. The van der Waals surface area contributed by atoms with Gasteiger partial charge in [-0.05, 0) is 45.1 Å². The Hall–Kier alpha value is -2.56. The van der Waals surface area contributed by atoms with Crippen LogP contribution in [0.2, 0.25) is 0 Å². The molecule has 0 saturated carbocycles. The second-order valence-electron chi connectivity index (χ2n) is 9.27. The number of para-hydroxylation sites is 1. The molecule has 5 heteroatoms. The Morgan fingerprint density at radius 2 is 1.93 bits per heavy atom. The van der Waals surface area contributed by atoms with E-state index >= 15 is 0 Å². The summed E-state index contributed by atoms with van der Waals surface area (Å²) >= 11 is 0. The van der Waals surface area contributed by atoms with Crippen LogP contribution in [0.15, 0.2) is 46.8 Å². The Labute approximate surface area is 179 Å². The average Bonchev–Trinajstić information content (AvgIpc) is 2.64. The first-order chi connectivity index (χ1) is 14.1. The maximum atomic E-state index is 13.3. The topological polar surface area (TPSA) is 64.6 Å². The number of esters is 1. The van der Waals surface area contributed by atoms with Crippen LogP contribution in [0, 0.1) is 5.41 Å². The van der Waals surface area contributed by atoms with Gasteiger partial charge in [0.1, 0.15) is 5.75 Å². The number of nitrogens with one attached hydrogen (secondary N) is 1. The number of hydrogen-bond acceptors (Lipinski definition) is 5. The highest BCUT2D eigenvalue weighted by Gasteiger charge is 2.44. The van der Waals surface area contributed by atoms with Crippen LogP contribution >= 0.6 is 0 Å². The minimum atomic E-state index is -0.496. The van der Waals surface area contributed by atoms with Crippen molar-refractivity contribution >= 4 is 11.8 Å². The zero-order valence-corrected chi connectivity index (χ0v) is 18.9. The molecule has 0 saturated heterocycles. The molecule has 1 N–H and O–H groups in total. The number of carbonyl (C=O) groups is 2. The van der Waals surface area contributed by atoms with E-state index < -0.39 is 5.92 Å². The van der Waals surface area contributed by atoms with Crippen molar-refractivity contribution < 1.29 is 19.1 Å². The summed E-state index contributed by atoms with van der Waals surface area (Å²) in [6.45, 7) is 12.3. The van der Waals surface area contributed by atoms with Crippen molar-refractivity contribution in [1.29, 1.82) is 0 Å². The van der Waals surface area contributed by atoms with Gasteiger partial charge >= 0.3 is 5.97 Å². The molecule has 1 aromatic carbocycles. The van der Waals surface area contributed by atoms with Crippen LogP contribution < -0.4 is 10.1 Å². The molecule has 0 spiro atoms. The van der Waals surface area contributed by atoms with Crippen LogP contribution in [0.5, 0.6) is 5.75 Å². The fourth-order valence-corrected chi connectivity index (χ4v) is 4.37. The van der Waals surface area contributed by atoms with Crippen LogP contribution in [-0.4, -0.2) is 24.5 Å². The van der Waals surface area contributed by atoms with E-state index in [0.29, 0.717) is 29.9 Å². The highest BCUT2D eigenvalue weighted by Crippen LogP contribution is 2.48. The number of rotatable bonds is 6. The lowest BCUT2D eigenvalue weighted by Crippen LogP contribution is -2.38. The number of benzene rings is 1. The van der Waals surface area contributed by atoms with Gasteiger partial charge in [0, 0.05) is 29.0 Å². The molecule has 30 heavy (non-hydrogen) atoms. The van der Waals surface area contributed by atoms with E-state index in [4.69, 9.17) is 9.47 Å². The number of hydrogen-bond donors (Lipinski definition) is 1. The summed E-state index contributed by atoms with van der Waals surface area (Å²) in [5, 5.41) is 3.37. The summed E-state index contributed by atoms with van der Waals surface area (Å²) in [5.74, 6) is -0.108. The number of ketones is 1. The van der Waals surface area contributed by atoms with E-state index in [1.54, 1.807) is 0 Å². The first kappa shape index (κ1) is 22.1. The quantitative estimate of drug-likeness (QED) is 0.665. The van der Waals surface area contributed by atoms with Gasteiger partial charge < -0.3 is 14.8 Å². The van der Waals surface area contributed by atoms with Crippen molar-refractivity contribution in [2.45, 2.75) is 72.8 Å². The summed E-state index contributed by atoms with van der Waals surface area (Å²) in [6, 6.07) is 7.69. The highest BCUT2D eigenvalue weighted by atomic mass is 16.5. The summed E-state index contributed by atoms with van der Waals surface area (Å²) in [5.41, 5.74) is 3.52. The Morgan fingerprint density at radius 3 is 2.60 bits per heavy atom. The molecule has 0 bridgehead atoms. The molecule has 1 atom stereocenters. The van der Waals surface area contributed by atoms with Gasteiger partial charge in [0.2, 0.25) is 0 Å². The van der Waals surface area contributed by atoms with Gasteiger partial charge in [-0.25, -0.2) is 4.79 Å². The van der Waals surface area contributed by atoms with Crippen LogP contribution in [0.4, 0.5) is 0 Å². The standard InChI is InChI=1S/C25H33NO4/c1-7-12-29-24(28)21-16(4)26-18-13-25(5,6)14-19(27)23(18)22(21)17-10-8-9-11-20(17)30-15(2)3/h8-11,15,22,26H,7,12-14H2,1-6H3/t22-/m0/s1. The molecule has 5 nitrogen and oxygen atoms in total. The van der Waals surface area contributed by atoms with E-state index in [2.05, 4.69) is 19.2 Å². The molecule has 0 aromatic heterocycles. The molecular weight excluding hydrogens is 378 g/mol. The smallest absolute Gasteiger partial charge is 0.336 e. The molecule has 2 aliphatic rings. The zero-order chi connectivity index (χ0) is 22.1. The predicted molar refractivity (Wildman–Crippen MR) is 117 cm³/mol. The van der Waals surface area contributed by atoms with Gasteiger partial charge in [-0.15, -0.1) is 0 Å². The lowest BCUT2D eigenvalue weighted by molar-refractivity contribution is -0.139. The number of dihydropyridines is 1. The lowest BCUT2D eigenvalue weighted by Gasteiger charge is -2.39. The van der Waals surface area contributed by atoms with Gasteiger partial charge in [0.25, 0.3) is 0 Å². The lowest BCUT2D eigenvalue weighted by atomic mass is 9.68. The van der Waals surface area contributed by atoms with Crippen LogP contribution in [-0.2, 0) is 14.3 Å². The van der Waals surface area contributed by atoms with E-state index in [1.165, 1.54) is 0 Å². The van der Waals surface area contributed by atoms with Gasteiger partial charge in [0.05, 0.1) is 24.2 Å². The average molecular weight is 412 g/mol. The van der Waals surface area contributed by atoms with Crippen molar-refractivity contribution in [3.63, 3.8) is 0 Å². The molecule has 162 valence electrons. The van der Waals surface area contributed by atoms with Gasteiger partial charge in [-0.2, -0.15) is 0 Å². The maximum absolute atomic E-state index is 13.3. The van der Waals surface area contributed by atoms with Crippen molar-refractivity contribution in [1.82, 2.24) is 5.32 Å². The fourth-order valence-electron chi connectivity index (χ4n) is 4.37. The monoisotopic (exact) mass is 411 g/mol. The van der Waals surface area contributed by atoms with Gasteiger partial charge in [-0.3, -0.25) is 4.79 Å². The van der Waals surface area contributed by atoms with Crippen molar-refractivity contribution in [2.75, 3.05) is 6.61 Å². The summed E-state index contributed by atoms with van der Waals surface area (Å²) in [4.78, 5) is 26.4. The van der Waals surface area contributed by atoms with Crippen LogP contribution in [0.25, 0.3) is 0 Å².